The van der Waals surface area contributed by atoms with Crippen molar-refractivity contribution in [2.24, 2.45) is 0 Å². The summed E-state index contributed by atoms with van der Waals surface area (Å²) in [5, 5.41) is 0. The monoisotopic (exact) mass is 198 g/mol. The molecule has 0 atom stereocenters. The molecule has 3 heteroatoms. The zero-order valence-electron chi connectivity index (χ0n) is 8.97. The molecule has 0 bridgehead atoms. The van der Waals surface area contributed by atoms with Gasteiger partial charge < -0.3 is 9.47 Å². The lowest BCUT2D eigenvalue weighted by molar-refractivity contribution is -0.0203. The van der Waals surface area contributed by atoms with Crippen molar-refractivity contribution in [1.82, 2.24) is 0 Å². The predicted octanol–water partition coefficient (Wildman–Crippen LogP) is 3.02. The van der Waals surface area contributed by atoms with E-state index in [1.54, 1.807) is 0 Å². The van der Waals surface area contributed by atoms with E-state index >= 15 is 0 Å². The Morgan fingerprint density at radius 2 is 1.36 bits per heavy atom. The molecule has 0 heterocycles. The lowest BCUT2D eigenvalue weighted by atomic mass is 10.2. The minimum atomic E-state index is -0.455. The summed E-state index contributed by atoms with van der Waals surface area (Å²) in [7, 11) is 0. The van der Waals surface area contributed by atoms with Crippen LogP contribution >= 0.6 is 0 Å². The van der Waals surface area contributed by atoms with E-state index in [-0.39, 0.29) is 11.2 Å². The molecule has 2 saturated carbocycles. The standard InChI is InChI=1S/C11H18O3/c1-3-10(5-6-10)13-9(12)14-11(4-2)7-8-11/h3-8H2,1-2H3. The second kappa shape index (κ2) is 3.14. The van der Waals surface area contributed by atoms with E-state index in [2.05, 4.69) is 0 Å². The molecule has 0 aromatic carbocycles. The van der Waals surface area contributed by atoms with Gasteiger partial charge in [0.25, 0.3) is 0 Å². The molecule has 3 nitrogen and oxygen atoms in total. The maximum absolute atomic E-state index is 11.4. The Hall–Kier alpha value is -0.730. The summed E-state index contributed by atoms with van der Waals surface area (Å²) in [5.41, 5.74) is -0.332. The minimum Gasteiger partial charge on any atom is -0.428 e. The zero-order valence-corrected chi connectivity index (χ0v) is 8.97. The Kier molecular flexibility index (Phi) is 2.20. The molecular weight excluding hydrogens is 180 g/mol. The van der Waals surface area contributed by atoms with Crippen LogP contribution in [0.25, 0.3) is 0 Å². The summed E-state index contributed by atoms with van der Waals surface area (Å²) in [5.74, 6) is 0. The Labute approximate surface area is 84.8 Å². The lowest BCUT2D eigenvalue weighted by Crippen LogP contribution is -2.25. The molecule has 0 aromatic heterocycles. The Morgan fingerprint density at radius 1 is 1.00 bits per heavy atom. The highest BCUT2D eigenvalue weighted by atomic mass is 16.7. The molecule has 2 aliphatic carbocycles. The van der Waals surface area contributed by atoms with Crippen LogP contribution in [0.1, 0.15) is 52.4 Å². The molecule has 2 rings (SSSR count). The molecule has 2 fully saturated rings. The second-order valence-electron chi connectivity index (χ2n) is 4.53. The smallest absolute Gasteiger partial charge is 0.428 e. The number of carbonyl (C=O) groups excluding carboxylic acids is 1. The van der Waals surface area contributed by atoms with Crippen LogP contribution in [0.5, 0.6) is 0 Å². The van der Waals surface area contributed by atoms with E-state index in [0.29, 0.717) is 0 Å². The first kappa shape index (κ1) is 9.81. The van der Waals surface area contributed by atoms with Gasteiger partial charge in [-0.1, -0.05) is 13.8 Å². The van der Waals surface area contributed by atoms with E-state index in [0.717, 1.165) is 38.5 Å². The van der Waals surface area contributed by atoms with Crippen molar-refractivity contribution < 1.29 is 14.3 Å². The first-order valence-electron chi connectivity index (χ1n) is 5.56. The SMILES string of the molecule is CCC1(OC(=O)OC2(CC)CC2)CC1. The van der Waals surface area contributed by atoms with Gasteiger partial charge in [0.05, 0.1) is 0 Å². The molecule has 0 radical (unpaired) electrons. The average molecular weight is 198 g/mol. The highest BCUT2D eigenvalue weighted by Gasteiger charge is 2.49. The van der Waals surface area contributed by atoms with Crippen LogP contribution in [-0.2, 0) is 9.47 Å². The molecule has 0 aliphatic heterocycles. The lowest BCUT2D eigenvalue weighted by Gasteiger charge is -2.18. The minimum absolute atomic E-state index is 0.166. The fourth-order valence-electron chi connectivity index (χ4n) is 1.71. The maximum atomic E-state index is 11.4. The molecule has 0 aromatic rings. The third-order valence-corrected chi connectivity index (χ3v) is 3.50. The highest BCUT2D eigenvalue weighted by molar-refractivity contribution is 5.62. The molecule has 0 N–H and O–H groups in total. The van der Waals surface area contributed by atoms with E-state index in [1.807, 2.05) is 13.8 Å². The van der Waals surface area contributed by atoms with Gasteiger partial charge in [0.1, 0.15) is 11.2 Å². The fraction of sp³-hybridized carbons (Fsp3) is 0.909. The summed E-state index contributed by atoms with van der Waals surface area (Å²) >= 11 is 0. The number of carbonyl (C=O) groups is 1. The largest absolute Gasteiger partial charge is 0.509 e. The van der Waals surface area contributed by atoms with E-state index in [1.165, 1.54) is 0 Å². The summed E-state index contributed by atoms with van der Waals surface area (Å²) in [4.78, 5) is 11.4. The Balaban J connectivity index is 1.79. The molecular formula is C11H18O3. The van der Waals surface area contributed by atoms with Crippen molar-refractivity contribution in [1.29, 1.82) is 0 Å². The van der Waals surface area contributed by atoms with Crippen molar-refractivity contribution in [3.05, 3.63) is 0 Å². The maximum Gasteiger partial charge on any atom is 0.509 e. The van der Waals surface area contributed by atoms with E-state index in [4.69, 9.17) is 9.47 Å². The first-order chi connectivity index (χ1) is 6.64. The quantitative estimate of drug-likeness (QED) is 0.651. The predicted molar refractivity (Wildman–Crippen MR) is 52.1 cm³/mol. The van der Waals surface area contributed by atoms with Crippen LogP contribution in [0, 0.1) is 0 Å². The molecule has 0 unspecified atom stereocenters. The van der Waals surface area contributed by atoms with Crippen molar-refractivity contribution in [3.8, 4) is 0 Å². The zero-order chi connectivity index (χ0) is 10.2. The van der Waals surface area contributed by atoms with Gasteiger partial charge in [0.2, 0.25) is 0 Å². The molecule has 80 valence electrons. The molecule has 0 saturated heterocycles. The molecule has 2 aliphatic rings. The molecule has 14 heavy (non-hydrogen) atoms. The summed E-state index contributed by atoms with van der Waals surface area (Å²) in [6.07, 6.45) is 5.34. The van der Waals surface area contributed by atoms with Gasteiger partial charge in [-0.25, -0.2) is 4.79 Å². The first-order valence-corrected chi connectivity index (χ1v) is 5.56. The van der Waals surface area contributed by atoms with Crippen LogP contribution in [0.4, 0.5) is 4.79 Å². The van der Waals surface area contributed by atoms with Crippen LogP contribution in [0.15, 0.2) is 0 Å². The Morgan fingerprint density at radius 3 is 1.57 bits per heavy atom. The van der Waals surface area contributed by atoms with Gasteiger partial charge in [0, 0.05) is 0 Å². The molecule has 0 spiro atoms. The highest BCUT2D eigenvalue weighted by Crippen LogP contribution is 2.46. The Bertz CT molecular complexity index is 215. The van der Waals surface area contributed by atoms with E-state index in [9.17, 15) is 4.79 Å². The van der Waals surface area contributed by atoms with Crippen LogP contribution in [-0.4, -0.2) is 17.4 Å². The van der Waals surface area contributed by atoms with Crippen LogP contribution in [0.3, 0.4) is 0 Å². The van der Waals surface area contributed by atoms with Gasteiger partial charge in [0.15, 0.2) is 0 Å². The number of ether oxygens (including phenoxy) is 2. The topological polar surface area (TPSA) is 35.5 Å². The fourth-order valence-corrected chi connectivity index (χ4v) is 1.71. The van der Waals surface area contributed by atoms with Crippen molar-refractivity contribution in [2.75, 3.05) is 0 Å². The summed E-state index contributed by atoms with van der Waals surface area (Å²) < 4.78 is 10.6. The van der Waals surface area contributed by atoms with Crippen molar-refractivity contribution in [3.63, 3.8) is 0 Å². The number of rotatable bonds is 4. The number of hydrogen-bond donors (Lipinski definition) is 0. The third-order valence-electron chi connectivity index (χ3n) is 3.50. The van der Waals surface area contributed by atoms with Gasteiger partial charge >= 0.3 is 6.16 Å². The normalized spacial score (nSPS) is 25.3. The molecule has 0 amide bonds. The van der Waals surface area contributed by atoms with Gasteiger partial charge in [-0.05, 0) is 38.5 Å². The van der Waals surface area contributed by atoms with Crippen molar-refractivity contribution in [2.45, 2.75) is 63.6 Å². The van der Waals surface area contributed by atoms with Crippen LogP contribution < -0.4 is 0 Å². The second-order valence-corrected chi connectivity index (χ2v) is 4.53. The van der Waals surface area contributed by atoms with Crippen molar-refractivity contribution >= 4 is 6.16 Å². The van der Waals surface area contributed by atoms with E-state index < -0.39 is 6.16 Å². The average Bonchev–Trinajstić information content (AvgIpc) is 3.04. The summed E-state index contributed by atoms with van der Waals surface area (Å²) in [6, 6.07) is 0. The van der Waals surface area contributed by atoms with Gasteiger partial charge in [-0.2, -0.15) is 0 Å². The summed E-state index contributed by atoms with van der Waals surface area (Å²) in [6.45, 7) is 4.10. The van der Waals surface area contributed by atoms with Gasteiger partial charge in [-0.15, -0.1) is 0 Å². The van der Waals surface area contributed by atoms with Gasteiger partial charge in [-0.3, -0.25) is 0 Å². The third kappa shape index (κ3) is 1.86. The van der Waals surface area contributed by atoms with Crippen LogP contribution in [0.2, 0.25) is 0 Å². The number of hydrogen-bond acceptors (Lipinski definition) is 3.